The van der Waals surface area contributed by atoms with Gasteiger partial charge in [-0.25, -0.2) is 0 Å². The van der Waals surface area contributed by atoms with E-state index in [2.05, 4.69) is 19.2 Å². The van der Waals surface area contributed by atoms with Gasteiger partial charge in [-0.1, -0.05) is 6.92 Å². The van der Waals surface area contributed by atoms with E-state index in [9.17, 15) is 4.79 Å². The second-order valence-corrected chi connectivity index (χ2v) is 3.76. The second-order valence-electron chi connectivity index (χ2n) is 3.76. The maximum absolute atomic E-state index is 11.4. The minimum Gasteiger partial charge on any atom is -0.338 e. The van der Waals surface area contributed by atoms with Gasteiger partial charge in [-0.15, -0.1) is 0 Å². The maximum atomic E-state index is 11.4. The third-order valence-electron chi connectivity index (χ3n) is 2.38. The van der Waals surface area contributed by atoms with Gasteiger partial charge in [-0.3, -0.25) is 4.79 Å². The molecule has 70 valence electrons. The molecule has 0 radical (unpaired) electrons. The van der Waals surface area contributed by atoms with E-state index in [0.717, 1.165) is 19.5 Å². The Hall–Kier alpha value is -0.570. The van der Waals surface area contributed by atoms with Crippen molar-refractivity contribution in [2.45, 2.75) is 26.3 Å². The molecule has 1 saturated heterocycles. The lowest BCUT2D eigenvalue weighted by molar-refractivity contribution is -0.129. The molecule has 0 spiro atoms. The molecule has 1 amide bonds. The van der Waals surface area contributed by atoms with Crippen LogP contribution >= 0.6 is 0 Å². The van der Waals surface area contributed by atoms with Crippen LogP contribution in [-0.4, -0.2) is 37.0 Å². The fourth-order valence-corrected chi connectivity index (χ4v) is 1.75. The largest absolute Gasteiger partial charge is 0.338 e. The van der Waals surface area contributed by atoms with Gasteiger partial charge in [0.1, 0.15) is 0 Å². The average molecular weight is 170 g/mol. The number of nitrogens with one attached hydrogen (secondary N) is 1. The molecule has 1 fully saturated rings. The van der Waals surface area contributed by atoms with Gasteiger partial charge in [-0.05, 0) is 19.9 Å². The number of hydrogen-bond donors (Lipinski definition) is 1. The van der Waals surface area contributed by atoms with Crippen molar-refractivity contribution in [3.05, 3.63) is 0 Å². The lowest BCUT2D eigenvalue weighted by atomic mass is 10.2. The quantitative estimate of drug-likeness (QED) is 0.667. The molecule has 2 atom stereocenters. The summed E-state index contributed by atoms with van der Waals surface area (Å²) in [6.45, 7) is 6.04. The van der Waals surface area contributed by atoms with Gasteiger partial charge in [0.15, 0.2) is 0 Å². The Balaban J connectivity index is 2.46. The van der Waals surface area contributed by atoms with Gasteiger partial charge in [0.25, 0.3) is 0 Å². The number of carbonyl (C=O) groups excluding carboxylic acids is 1. The topological polar surface area (TPSA) is 32.3 Å². The summed E-state index contributed by atoms with van der Waals surface area (Å²) in [4.78, 5) is 13.4. The van der Waals surface area contributed by atoms with Gasteiger partial charge < -0.3 is 10.2 Å². The van der Waals surface area contributed by atoms with Gasteiger partial charge in [0.05, 0.1) is 0 Å². The molecule has 1 rings (SSSR count). The Morgan fingerprint density at radius 1 is 1.75 bits per heavy atom. The van der Waals surface area contributed by atoms with Crippen molar-refractivity contribution < 1.29 is 4.79 Å². The Labute approximate surface area is 74.1 Å². The predicted octanol–water partition coefficient (Wildman–Crippen LogP) is 0.463. The molecular formula is C9H18N2O. The predicted molar refractivity (Wildman–Crippen MR) is 48.9 cm³/mol. The Morgan fingerprint density at radius 3 is 2.83 bits per heavy atom. The lowest BCUT2D eigenvalue weighted by Gasteiger charge is -2.24. The van der Waals surface area contributed by atoms with Crippen LogP contribution in [0.15, 0.2) is 0 Å². The van der Waals surface area contributed by atoms with Crippen LogP contribution in [0.3, 0.4) is 0 Å². The first-order valence-electron chi connectivity index (χ1n) is 4.59. The van der Waals surface area contributed by atoms with E-state index < -0.39 is 0 Å². The summed E-state index contributed by atoms with van der Waals surface area (Å²) in [5.41, 5.74) is 0. The monoisotopic (exact) mass is 170 g/mol. The normalized spacial score (nSPS) is 26.4. The standard InChI is InChI=1S/C9H18N2O/c1-7-4-9(12)11(6-7)8(2)5-10-3/h7-8,10H,4-6H2,1-3H3. The summed E-state index contributed by atoms with van der Waals surface area (Å²) >= 11 is 0. The SMILES string of the molecule is CNCC(C)N1CC(C)CC1=O. The summed E-state index contributed by atoms with van der Waals surface area (Å²) < 4.78 is 0. The van der Waals surface area contributed by atoms with Crippen LogP contribution in [0.25, 0.3) is 0 Å². The average Bonchev–Trinajstić information content (AvgIpc) is 2.30. The van der Waals surface area contributed by atoms with Crippen molar-refractivity contribution >= 4 is 5.91 Å². The molecule has 0 aromatic carbocycles. The highest BCUT2D eigenvalue weighted by molar-refractivity contribution is 5.78. The van der Waals surface area contributed by atoms with Crippen molar-refractivity contribution in [2.75, 3.05) is 20.1 Å². The van der Waals surface area contributed by atoms with E-state index in [1.165, 1.54) is 0 Å². The van der Waals surface area contributed by atoms with Crippen LogP contribution in [-0.2, 0) is 4.79 Å². The molecule has 0 aromatic rings. The van der Waals surface area contributed by atoms with Crippen molar-refractivity contribution in [3.63, 3.8) is 0 Å². The Kier molecular flexibility index (Phi) is 3.09. The number of likely N-dealkylation sites (tertiary alicyclic amines) is 1. The highest BCUT2D eigenvalue weighted by Crippen LogP contribution is 2.18. The third kappa shape index (κ3) is 1.97. The zero-order valence-corrected chi connectivity index (χ0v) is 8.13. The summed E-state index contributed by atoms with van der Waals surface area (Å²) in [5.74, 6) is 0.849. The molecule has 0 saturated carbocycles. The molecule has 0 bridgehead atoms. The first-order chi connectivity index (χ1) is 5.65. The van der Waals surface area contributed by atoms with Crippen molar-refractivity contribution in [1.82, 2.24) is 10.2 Å². The van der Waals surface area contributed by atoms with E-state index in [4.69, 9.17) is 0 Å². The number of likely N-dealkylation sites (N-methyl/N-ethyl adjacent to an activating group) is 1. The van der Waals surface area contributed by atoms with E-state index in [-0.39, 0.29) is 0 Å². The van der Waals surface area contributed by atoms with Crippen LogP contribution in [0.1, 0.15) is 20.3 Å². The fourth-order valence-electron chi connectivity index (χ4n) is 1.75. The van der Waals surface area contributed by atoms with E-state index >= 15 is 0 Å². The van der Waals surface area contributed by atoms with Crippen LogP contribution in [0.5, 0.6) is 0 Å². The number of carbonyl (C=O) groups is 1. The maximum Gasteiger partial charge on any atom is 0.223 e. The third-order valence-corrected chi connectivity index (χ3v) is 2.38. The van der Waals surface area contributed by atoms with E-state index in [1.807, 2.05) is 11.9 Å². The van der Waals surface area contributed by atoms with Gasteiger partial charge in [0.2, 0.25) is 5.91 Å². The summed E-state index contributed by atoms with van der Waals surface area (Å²) in [6.07, 6.45) is 0.730. The van der Waals surface area contributed by atoms with Crippen molar-refractivity contribution in [1.29, 1.82) is 0 Å². The van der Waals surface area contributed by atoms with Crippen LogP contribution < -0.4 is 5.32 Å². The van der Waals surface area contributed by atoms with Crippen molar-refractivity contribution in [3.8, 4) is 0 Å². The summed E-state index contributed by atoms with van der Waals surface area (Å²) in [7, 11) is 1.92. The highest BCUT2D eigenvalue weighted by Gasteiger charge is 2.29. The lowest BCUT2D eigenvalue weighted by Crippen LogP contribution is -2.40. The molecule has 12 heavy (non-hydrogen) atoms. The molecular weight excluding hydrogens is 152 g/mol. The first-order valence-corrected chi connectivity index (χ1v) is 4.59. The highest BCUT2D eigenvalue weighted by atomic mass is 16.2. The Morgan fingerprint density at radius 2 is 2.42 bits per heavy atom. The summed E-state index contributed by atoms with van der Waals surface area (Å²) in [6, 6.07) is 0.340. The van der Waals surface area contributed by atoms with Gasteiger partial charge >= 0.3 is 0 Å². The smallest absolute Gasteiger partial charge is 0.223 e. The molecule has 1 N–H and O–H groups in total. The zero-order chi connectivity index (χ0) is 9.14. The number of amides is 1. The number of rotatable bonds is 3. The molecule has 1 heterocycles. The second kappa shape index (κ2) is 3.90. The summed E-state index contributed by atoms with van der Waals surface area (Å²) in [5, 5.41) is 3.09. The number of hydrogen-bond acceptors (Lipinski definition) is 2. The van der Waals surface area contributed by atoms with Crippen molar-refractivity contribution in [2.24, 2.45) is 5.92 Å². The van der Waals surface area contributed by atoms with Crippen LogP contribution in [0.2, 0.25) is 0 Å². The number of nitrogens with zero attached hydrogens (tertiary/aromatic N) is 1. The van der Waals surface area contributed by atoms with Crippen LogP contribution in [0, 0.1) is 5.92 Å². The molecule has 1 aliphatic heterocycles. The minimum atomic E-state index is 0.310. The fraction of sp³-hybridized carbons (Fsp3) is 0.889. The molecule has 3 heteroatoms. The minimum absolute atomic E-state index is 0.310. The zero-order valence-electron chi connectivity index (χ0n) is 8.13. The van der Waals surface area contributed by atoms with Gasteiger partial charge in [0, 0.05) is 25.6 Å². The van der Waals surface area contributed by atoms with E-state index in [0.29, 0.717) is 17.9 Å². The molecule has 3 nitrogen and oxygen atoms in total. The molecule has 2 unspecified atom stereocenters. The van der Waals surface area contributed by atoms with Crippen LogP contribution in [0.4, 0.5) is 0 Å². The molecule has 1 aliphatic rings. The van der Waals surface area contributed by atoms with E-state index in [1.54, 1.807) is 0 Å². The molecule has 0 aromatic heterocycles. The Bertz CT molecular complexity index is 170. The molecule has 0 aliphatic carbocycles. The first kappa shape index (κ1) is 9.52. The van der Waals surface area contributed by atoms with Gasteiger partial charge in [-0.2, -0.15) is 0 Å².